The standard InChI is InChI=1S/C13H15N3O2S.2ClH/c1-9-6-14-3-4-16(9)13(17)11-8-19-12(15-11)10-2-5-18-7-10;;/h2,5,7-9,14H,3-4,6H2,1H3;2*1H/t9-;;/m1../s1. The number of piperazine rings is 1. The van der Waals surface area contributed by atoms with Crippen LogP contribution < -0.4 is 5.32 Å². The van der Waals surface area contributed by atoms with Crippen molar-refractivity contribution in [3.63, 3.8) is 0 Å². The zero-order valence-electron chi connectivity index (χ0n) is 11.4. The van der Waals surface area contributed by atoms with Crippen LogP contribution in [0.25, 0.3) is 10.6 Å². The number of carbonyl (C=O) groups excluding carboxylic acids is 1. The molecule has 0 saturated carbocycles. The number of nitrogens with zero attached hydrogens (tertiary/aromatic N) is 2. The quantitative estimate of drug-likeness (QED) is 0.905. The van der Waals surface area contributed by atoms with Crippen LogP contribution in [0.1, 0.15) is 17.4 Å². The second-order valence-corrected chi connectivity index (χ2v) is 5.46. The van der Waals surface area contributed by atoms with E-state index in [1.54, 1.807) is 12.5 Å². The van der Waals surface area contributed by atoms with Gasteiger partial charge in [0, 0.05) is 36.6 Å². The van der Waals surface area contributed by atoms with Crippen molar-refractivity contribution >= 4 is 42.1 Å². The van der Waals surface area contributed by atoms with Crippen molar-refractivity contribution in [1.82, 2.24) is 15.2 Å². The first-order valence-corrected chi connectivity index (χ1v) is 7.13. The predicted molar refractivity (Wildman–Crippen MR) is 87.7 cm³/mol. The van der Waals surface area contributed by atoms with Crippen LogP contribution in [-0.4, -0.2) is 41.5 Å². The summed E-state index contributed by atoms with van der Waals surface area (Å²) in [7, 11) is 0. The van der Waals surface area contributed by atoms with Crippen LogP contribution in [0.2, 0.25) is 0 Å². The van der Waals surface area contributed by atoms with Crippen molar-refractivity contribution in [2.75, 3.05) is 19.6 Å². The van der Waals surface area contributed by atoms with E-state index >= 15 is 0 Å². The lowest BCUT2D eigenvalue weighted by Crippen LogP contribution is -2.52. The fourth-order valence-corrected chi connectivity index (χ4v) is 2.96. The molecule has 1 N–H and O–H groups in total. The number of nitrogens with one attached hydrogen (secondary N) is 1. The molecule has 5 nitrogen and oxygen atoms in total. The summed E-state index contributed by atoms with van der Waals surface area (Å²) in [4.78, 5) is 18.7. The molecule has 1 saturated heterocycles. The van der Waals surface area contributed by atoms with Crippen LogP contribution in [0.15, 0.2) is 28.4 Å². The van der Waals surface area contributed by atoms with Gasteiger partial charge in [-0.25, -0.2) is 4.98 Å². The van der Waals surface area contributed by atoms with E-state index in [1.807, 2.05) is 23.3 Å². The number of amides is 1. The van der Waals surface area contributed by atoms with Gasteiger partial charge in [-0.3, -0.25) is 4.79 Å². The molecule has 3 rings (SSSR count). The Labute approximate surface area is 139 Å². The third-order valence-electron chi connectivity index (χ3n) is 3.25. The maximum absolute atomic E-state index is 12.4. The van der Waals surface area contributed by atoms with Crippen LogP contribution in [0, 0.1) is 0 Å². The third-order valence-corrected chi connectivity index (χ3v) is 4.14. The van der Waals surface area contributed by atoms with Gasteiger partial charge in [-0.2, -0.15) is 0 Å². The lowest BCUT2D eigenvalue weighted by atomic mass is 10.2. The fourth-order valence-electron chi connectivity index (χ4n) is 2.18. The van der Waals surface area contributed by atoms with Gasteiger partial charge in [0.15, 0.2) is 0 Å². The molecule has 1 atom stereocenters. The van der Waals surface area contributed by atoms with Crippen molar-refractivity contribution in [3.05, 3.63) is 29.7 Å². The van der Waals surface area contributed by atoms with E-state index in [1.165, 1.54) is 11.3 Å². The maximum Gasteiger partial charge on any atom is 0.273 e. The molecule has 116 valence electrons. The Bertz CT molecular complexity index is 574. The van der Waals surface area contributed by atoms with E-state index in [-0.39, 0.29) is 36.8 Å². The van der Waals surface area contributed by atoms with Gasteiger partial charge >= 0.3 is 0 Å². The van der Waals surface area contributed by atoms with Crippen molar-refractivity contribution < 1.29 is 9.21 Å². The number of thiazole rings is 1. The van der Waals surface area contributed by atoms with Crippen LogP contribution in [0.5, 0.6) is 0 Å². The van der Waals surface area contributed by atoms with E-state index in [4.69, 9.17) is 4.42 Å². The van der Waals surface area contributed by atoms with Crippen molar-refractivity contribution in [1.29, 1.82) is 0 Å². The Balaban J connectivity index is 0.00000110. The molecule has 0 spiro atoms. The monoisotopic (exact) mass is 349 g/mol. The normalized spacial score (nSPS) is 17.8. The van der Waals surface area contributed by atoms with E-state index in [0.29, 0.717) is 5.69 Å². The maximum atomic E-state index is 12.4. The Hall–Kier alpha value is -1.08. The fraction of sp³-hybridized carbons (Fsp3) is 0.385. The molecule has 1 fully saturated rings. The second-order valence-electron chi connectivity index (χ2n) is 4.60. The molecule has 0 aliphatic carbocycles. The van der Waals surface area contributed by atoms with Gasteiger partial charge in [-0.1, -0.05) is 0 Å². The first-order valence-electron chi connectivity index (χ1n) is 6.25. The molecule has 8 heteroatoms. The van der Waals surface area contributed by atoms with Gasteiger partial charge in [0.2, 0.25) is 0 Å². The number of halogens is 2. The average molecular weight is 350 g/mol. The SMILES string of the molecule is C[C@@H]1CNCCN1C(=O)c1csc(-c2ccoc2)n1.Cl.Cl. The minimum absolute atomic E-state index is 0. The Morgan fingerprint density at radius 2 is 2.33 bits per heavy atom. The van der Waals surface area contributed by atoms with Crippen LogP contribution >= 0.6 is 36.2 Å². The molecular weight excluding hydrogens is 333 g/mol. The molecular formula is C13H17Cl2N3O2S. The van der Waals surface area contributed by atoms with Crippen LogP contribution in [0.3, 0.4) is 0 Å². The van der Waals surface area contributed by atoms with Crippen LogP contribution in [0.4, 0.5) is 0 Å². The first kappa shape index (κ1) is 18.0. The van der Waals surface area contributed by atoms with Gasteiger partial charge in [0.25, 0.3) is 5.91 Å². The highest BCUT2D eigenvalue weighted by Gasteiger charge is 2.25. The zero-order chi connectivity index (χ0) is 13.2. The van der Waals surface area contributed by atoms with Gasteiger partial charge in [-0.15, -0.1) is 36.2 Å². The van der Waals surface area contributed by atoms with Crippen LogP contribution in [-0.2, 0) is 0 Å². The Morgan fingerprint density at radius 1 is 1.52 bits per heavy atom. The number of rotatable bonds is 2. The molecule has 0 radical (unpaired) electrons. The highest BCUT2D eigenvalue weighted by Crippen LogP contribution is 2.24. The minimum atomic E-state index is 0. The molecule has 2 aromatic heterocycles. The van der Waals surface area contributed by atoms with Gasteiger partial charge in [0.1, 0.15) is 17.0 Å². The van der Waals surface area contributed by atoms with E-state index in [2.05, 4.69) is 10.3 Å². The number of carbonyl (C=O) groups is 1. The van der Waals surface area contributed by atoms with Gasteiger partial charge in [-0.05, 0) is 13.0 Å². The summed E-state index contributed by atoms with van der Waals surface area (Å²) in [6, 6.07) is 2.06. The van der Waals surface area contributed by atoms with Crippen molar-refractivity contribution in [2.45, 2.75) is 13.0 Å². The summed E-state index contributed by atoms with van der Waals surface area (Å²) in [5.41, 5.74) is 1.44. The summed E-state index contributed by atoms with van der Waals surface area (Å²) in [6.45, 7) is 4.46. The Kier molecular flexibility index (Phi) is 6.67. The first-order chi connectivity index (χ1) is 9.25. The van der Waals surface area contributed by atoms with E-state index < -0.39 is 0 Å². The van der Waals surface area contributed by atoms with E-state index in [9.17, 15) is 4.79 Å². The average Bonchev–Trinajstić information content (AvgIpc) is 3.09. The summed E-state index contributed by atoms with van der Waals surface area (Å²) < 4.78 is 5.04. The number of furan rings is 1. The smallest absolute Gasteiger partial charge is 0.273 e. The number of hydrogen-bond acceptors (Lipinski definition) is 5. The topological polar surface area (TPSA) is 58.4 Å². The molecule has 2 aromatic rings. The van der Waals surface area contributed by atoms with Crippen molar-refractivity contribution in [2.24, 2.45) is 0 Å². The lowest BCUT2D eigenvalue weighted by molar-refractivity contribution is 0.0650. The van der Waals surface area contributed by atoms with Gasteiger partial charge < -0.3 is 14.6 Å². The number of aromatic nitrogens is 1. The molecule has 21 heavy (non-hydrogen) atoms. The number of hydrogen-bond donors (Lipinski definition) is 1. The summed E-state index contributed by atoms with van der Waals surface area (Å²) in [5.74, 6) is 0.0139. The molecule has 0 unspecified atom stereocenters. The predicted octanol–water partition coefficient (Wildman–Crippen LogP) is 2.68. The third kappa shape index (κ3) is 3.77. The molecule has 1 aliphatic heterocycles. The summed E-state index contributed by atoms with van der Waals surface area (Å²) in [6.07, 6.45) is 3.25. The summed E-state index contributed by atoms with van der Waals surface area (Å²) >= 11 is 1.47. The van der Waals surface area contributed by atoms with E-state index in [0.717, 1.165) is 30.2 Å². The largest absolute Gasteiger partial charge is 0.472 e. The molecule has 1 aliphatic rings. The second kappa shape index (κ2) is 7.79. The minimum Gasteiger partial charge on any atom is -0.472 e. The molecule has 0 bridgehead atoms. The highest BCUT2D eigenvalue weighted by atomic mass is 35.5. The van der Waals surface area contributed by atoms with Crippen molar-refractivity contribution in [3.8, 4) is 10.6 Å². The molecule has 1 amide bonds. The summed E-state index contributed by atoms with van der Waals surface area (Å²) in [5, 5.41) is 5.91. The highest BCUT2D eigenvalue weighted by molar-refractivity contribution is 7.13. The molecule has 3 heterocycles. The molecule has 0 aromatic carbocycles. The lowest BCUT2D eigenvalue weighted by Gasteiger charge is -2.33. The zero-order valence-corrected chi connectivity index (χ0v) is 13.9. The Morgan fingerprint density at radius 3 is 3.00 bits per heavy atom. The van der Waals surface area contributed by atoms with Gasteiger partial charge in [0.05, 0.1) is 6.26 Å².